The Morgan fingerprint density at radius 3 is 2.89 bits per heavy atom. The molecule has 0 saturated carbocycles. The summed E-state index contributed by atoms with van der Waals surface area (Å²) in [6.45, 7) is 4.59. The molecule has 0 bridgehead atoms. The van der Waals surface area contributed by atoms with Gasteiger partial charge in [-0.15, -0.1) is 0 Å². The van der Waals surface area contributed by atoms with Gasteiger partial charge in [0, 0.05) is 23.7 Å². The minimum absolute atomic E-state index is 0.0664. The van der Waals surface area contributed by atoms with Crippen molar-refractivity contribution in [2.75, 3.05) is 12.3 Å². The number of fused-ring (bicyclic) bond motifs is 1. The first kappa shape index (κ1) is 17.9. The molecule has 27 heavy (non-hydrogen) atoms. The summed E-state index contributed by atoms with van der Waals surface area (Å²) in [5, 5.41) is 4.92. The molecule has 2 N–H and O–H groups in total. The second kappa shape index (κ2) is 6.94. The monoisotopic (exact) mass is 386 g/mol. The van der Waals surface area contributed by atoms with Crippen molar-refractivity contribution >= 4 is 17.4 Å². The topological polar surface area (TPSA) is 66.0 Å². The maximum Gasteiger partial charge on any atom is 0.141 e. The Balaban J connectivity index is 1.92. The lowest BCUT2D eigenvalue weighted by Crippen LogP contribution is -2.13. The van der Waals surface area contributed by atoms with Gasteiger partial charge in [0.05, 0.1) is 34.8 Å². The number of hydrogen-bond acceptors (Lipinski definition) is 4. The number of ether oxygens (including phenoxy) is 1. The molecule has 0 unspecified atom stereocenters. The predicted octanol–water partition coefficient (Wildman–Crippen LogP) is 4.12. The second-order valence-electron chi connectivity index (χ2n) is 6.85. The van der Waals surface area contributed by atoms with E-state index in [0.717, 1.165) is 40.2 Å². The third-order valence-electron chi connectivity index (χ3n) is 4.87. The Hall–Kier alpha value is -2.44. The van der Waals surface area contributed by atoms with Crippen LogP contribution in [0.2, 0.25) is 5.02 Å². The van der Waals surface area contributed by atoms with Gasteiger partial charge in [0.15, 0.2) is 0 Å². The van der Waals surface area contributed by atoms with E-state index in [4.69, 9.17) is 27.2 Å². The van der Waals surface area contributed by atoms with E-state index in [0.29, 0.717) is 18.8 Å². The normalized spacial score (nSPS) is 16.8. The smallest absolute Gasteiger partial charge is 0.141 e. The zero-order valence-corrected chi connectivity index (χ0v) is 15.9. The lowest BCUT2D eigenvalue weighted by molar-refractivity contribution is 0.0735. The number of hydrogen-bond donors (Lipinski definition) is 1. The summed E-state index contributed by atoms with van der Waals surface area (Å²) < 4.78 is 21.3. The van der Waals surface area contributed by atoms with Crippen LogP contribution in [-0.4, -0.2) is 27.5 Å². The summed E-state index contributed by atoms with van der Waals surface area (Å²) >= 11 is 6.01. The van der Waals surface area contributed by atoms with E-state index < -0.39 is 5.82 Å². The van der Waals surface area contributed by atoms with Gasteiger partial charge in [-0.1, -0.05) is 11.6 Å². The van der Waals surface area contributed by atoms with E-state index >= 15 is 0 Å². The first-order valence-corrected chi connectivity index (χ1v) is 9.22. The van der Waals surface area contributed by atoms with E-state index in [1.54, 1.807) is 18.3 Å². The van der Waals surface area contributed by atoms with Crippen LogP contribution in [0.1, 0.15) is 23.7 Å². The Labute approximate surface area is 161 Å². The number of nitrogens with two attached hydrogens (primary N) is 1. The van der Waals surface area contributed by atoms with Gasteiger partial charge in [-0.05, 0) is 50.1 Å². The van der Waals surface area contributed by atoms with Crippen molar-refractivity contribution in [2.45, 2.75) is 32.8 Å². The number of nitrogens with zero attached hydrogens (tertiary/aromatic N) is 3. The highest BCUT2D eigenvalue weighted by Gasteiger charge is 2.25. The predicted molar refractivity (Wildman–Crippen MR) is 104 cm³/mol. The minimum atomic E-state index is -0.450. The summed E-state index contributed by atoms with van der Waals surface area (Å²) in [4.78, 5) is 4.28. The first-order valence-electron chi connectivity index (χ1n) is 8.84. The Bertz CT molecular complexity index is 1020. The molecule has 2 aromatic heterocycles. The van der Waals surface area contributed by atoms with Crippen molar-refractivity contribution < 1.29 is 9.13 Å². The van der Waals surface area contributed by atoms with Crippen molar-refractivity contribution in [3.8, 4) is 16.9 Å². The van der Waals surface area contributed by atoms with Crippen LogP contribution in [0.5, 0.6) is 0 Å². The Morgan fingerprint density at radius 1 is 1.33 bits per heavy atom. The molecule has 1 aromatic carbocycles. The Kier molecular flexibility index (Phi) is 4.61. The Morgan fingerprint density at radius 2 is 2.15 bits per heavy atom. The molecule has 140 valence electrons. The molecule has 1 aliphatic rings. The molecule has 0 aliphatic carbocycles. The lowest BCUT2D eigenvalue weighted by atomic mass is 10.0. The zero-order valence-electron chi connectivity index (χ0n) is 15.2. The van der Waals surface area contributed by atoms with Gasteiger partial charge in [0.1, 0.15) is 11.6 Å². The number of pyridine rings is 1. The van der Waals surface area contributed by atoms with Gasteiger partial charge in [0.25, 0.3) is 0 Å². The third-order valence-corrected chi connectivity index (χ3v) is 5.15. The largest absolute Gasteiger partial charge is 0.383 e. The SMILES string of the molecule is Cc1cc(-c2nn(-c3ccc(F)c(Cl)c3)c3c2CCO[C@H](C)C3)cnc1N. The van der Waals surface area contributed by atoms with Crippen molar-refractivity contribution in [1.82, 2.24) is 14.8 Å². The molecular formula is C20H20ClFN4O. The summed E-state index contributed by atoms with van der Waals surface area (Å²) in [6, 6.07) is 6.62. The van der Waals surface area contributed by atoms with Crippen LogP contribution in [0.4, 0.5) is 10.2 Å². The number of anilines is 1. The van der Waals surface area contributed by atoms with Gasteiger partial charge in [-0.3, -0.25) is 0 Å². The molecule has 3 heterocycles. The standard InChI is InChI=1S/C20H20ClFN4O/c1-11-7-13(10-24-20(11)23)19-15-5-6-27-12(2)8-18(15)26(25-19)14-3-4-17(22)16(21)9-14/h3-4,7,9-10,12H,5-6,8H2,1-2H3,(H2,23,24)/t12-/m1/s1. The van der Waals surface area contributed by atoms with Crippen LogP contribution in [0.3, 0.4) is 0 Å². The number of aryl methyl sites for hydroxylation is 1. The van der Waals surface area contributed by atoms with Gasteiger partial charge in [-0.25, -0.2) is 14.1 Å². The summed E-state index contributed by atoms with van der Waals surface area (Å²) in [7, 11) is 0. The number of rotatable bonds is 2. The number of halogens is 2. The van der Waals surface area contributed by atoms with Crippen LogP contribution in [0.15, 0.2) is 30.5 Å². The highest BCUT2D eigenvalue weighted by molar-refractivity contribution is 6.30. The molecule has 1 atom stereocenters. The minimum Gasteiger partial charge on any atom is -0.383 e. The summed E-state index contributed by atoms with van der Waals surface area (Å²) in [5.41, 5.74) is 11.4. The number of benzene rings is 1. The quantitative estimate of drug-likeness (QED) is 0.719. The first-order chi connectivity index (χ1) is 12.9. The van der Waals surface area contributed by atoms with Gasteiger partial charge >= 0.3 is 0 Å². The van der Waals surface area contributed by atoms with Crippen molar-refractivity contribution in [3.63, 3.8) is 0 Å². The molecule has 7 heteroatoms. The van der Waals surface area contributed by atoms with Crippen molar-refractivity contribution in [2.24, 2.45) is 0 Å². The molecule has 4 rings (SSSR count). The molecule has 0 saturated heterocycles. The molecule has 1 aliphatic heterocycles. The third kappa shape index (κ3) is 3.31. The lowest BCUT2D eigenvalue weighted by Gasteiger charge is -2.11. The van der Waals surface area contributed by atoms with Crippen LogP contribution >= 0.6 is 11.6 Å². The zero-order chi connectivity index (χ0) is 19.1. The van der Waals surface area contributed by atoms with E-state index in [1.165, 1.54) is 6.07 Å². The summed E-state index contributed by atoms with van der Waals surface area (Å²) in [5.74, 6) is 0.0560. The number of aromatic nitrogens is 3. The van der Waals surface area contributed by atoms with Crippen molar-refractivity contribution in [3.05, 3.63) is 58.1 Å². The number of nitrogen functional groups attached to an aromatic ring is 1. The summed E-state index contributed by atoms with van der Waals surface area (Å²) in [6.07, 6.45) is 3.26. The van der Waals surface area contributed by atoms with E-state index in [-0.39, 0.29) is 11.1 Å². The second-order valence-corrected chi connectivity index (χ2v) is 7.25. The van der Waals surface area contributed by atoms with E-state index in [1.807, 2.05) is 24.6 Å². The highest BCUT2D eigenvalue weighted by Crippen LogP contribution is 2.32. The van der Waals surface area contributed by atoms with Crippen LogP contribution in [-0.2, 0) is 17.6 Å². The molecule has 5 nitrogen and oxygen atoms in total. The van der Waals surface area contributed by atoms with E-state index in [2.05, 4.69) is 4.98 Å². The molecule has 0 radical (unpaired) electrons. The molecule has 0 spiro atoms. The molecular weight excluding hydrogens is 367 g/mol. The fourth-order valence-corrected chi connectivity index (χ4v) is 3.60. The molecule has 0 amide bonds. The van der Waals surface area contributed by atoms with Crippen molar-refractivity contribution in [1.29, 1.82) is 0 Å². The van der Waals surface area contributed by atoms with Crippen LogP contribution in [0, 0.1) is 12.7 Å². The van der Waals surface area contributed by atoms with Crippen LogP contribution in [0.25, 0.3) is 16.9 Å². The molecule has 3 aromatic rings. The van der Waals surface area contributed by atoms with Gasteiger partial charge in [0.2, 0.25) is 0 Å². The average Bonchev–Trinajstić information content (AvgIpc) is 2.86. The van der Waals surface area contributed by atoms with Gasteiger partial charge in [-0.2, -0.15) is 5.10 Å². The fourth-order valence-electron chi connectivity index (χ4n) is 3.43. The highest BCUT2D eigenvalue weighted by atomic mass is 35.5. The maximum atomic E-state index is 13.6. The fraction of sp³-hybridized carbons (Fsp3) is 0.300. The molecule has 0 fully saturated rings. The van der Waals surface area contributed by atoms with Crippen LogP contribution < -0.4 is 5.73 Å². The van der Waals surface area contributed by atoms with E-state index in [9.17, 15) is 4.39 Å². The maximum absolute atomic E-state index is 13.6. The average molecular weight is 387 g/mol. The van der Waals surface area contributed by atoms with Gasteiger partial charge < -0.3 is 10.5 Å².